The molecule has 0 rings (SSSR count). The van der Waals surface area contributed by atoms with E-state index in [0.717, 1.165) is 0 Å². The van der Waals surface area contributed by atoms with Gasteiger partial charge in [-0.15, -0.1) is 0 Å². The van der Waals surface area contributed by atoms with E-state index in [1.807, 2.05) is 6.92 Å². The van der Waals surface area contributed by atoms with Crippen LogP contribution in [0.4, 0.5) is 0 Å². The normalized spacial score (nSPS) is 12.6. The predicted octanol–water partition coefficient (Wildman–Crippen LogP) is 2.37. The molecule has 0 bridgehead atoms. The van der Waals surface area contributed by atoms with Gasteiger partial charge >= 0.3 is 11.9 Å². The maximum atomic E-state index is 11.9. The Hall–Kier alpha value is -1.78. The smallest absolute Gasteiger partial charge is 0.341 e. The summed E-state index contributed by atoms with van der Waals surface area (Å²) in [5.41, 5.74) is 0.722. The molecule has 0 radical (unpaired) electrons. The number of ether oxygens (including phenoxy) is 3. The topological polar surface area (TPSA) is 61.8 Å². The van der Waals surface area contributed by atoms with E-state index in [2.05, 4.69) is 0 Å². The van der Waals surface area contributed by atoms with Crippen molar-refractivity contribution in [2.75, 3.05) is 19.8 Å². The zero-order chi connectivity index (χ0) is 14.8. The van der Waals surface area contributed by atoms with E-state index in [4.69, 9.17) is 14.2 Å². The highest BCUT2D eigenvalue weighted by atomic mass is 16.5. The maximum absolute atomic E-state index is 11.9. The van der Waals surface area contributed by atoms with E-state index in [1.165, 1.54) is 6.08 Å². The number of esters is 2. The lowest BCUT2D eigenvalue weighted by molar-refractivity contribution is -0.138. The highest BCUT2D eigenvalue weighted by molar-refractivity contribution is 5.96. The monoisotopic (exact) mass is 270 g/mol. The van der Waals surface area contributed by atoms with Crippen LogP contribution >= 0.6 is 0 Å². The number of allylic oxidation sites excluding steroid dienone is 1. The lowest BCUT2D eigenvalue weighted by Gasteiger charge is -2.12. The van der Waals surface area contributed by atoms with Gasteiger partial charge in [-0.3, -0.25) is 0 Å². The van der Waals surface area contributed by atoms with Crippen LogP contribution in [0.5, 0.6) is 0 Å². The first-order chi connectivity index (χ1) is 8.97. The summed E-state index contributed by atoms with van der Waals surface area (Å²) in [7, 11) is 0. The molecule has 0 aliphatic heterocycles. The van der Waals surface area contributed by atoms with Crippen molar-refractivity contribution in [3.8, 4) is 0 Å². The third-order valence-electron chi connectivity index (χ3n) is 2.21. The molecule has 0 atom stereocenters. The second-order valence-electron chi connectivity index (χ2n) is 3.66. The number of hydrogen-bond donors (Lipinski definition) is 0. The maximum Gasteiger partial charge on any atom is 0.341 e. The van der Waals surface area contributed by atoms with Gasteiger partial charge in [0, 0.05) is 6.08 Å². The molecule has 108 valence electrons. The number of carbonyl (C=O) groups is 2. The molecule has 0 saturated heterocycles. The molecule has 0 unspecified atom stereocenters. The number of carbonyl (C=O) groups excluding carboxylic acids is 2. The highest BCUT2D eigenvalue weighted by Gasteiger charge is 2.18. The van der Waals surface area contributed by atoms with E-state index in [-0.39, 0.29) is 18.8 Å². The summed E-state index contributed by atoms with van der Waals surface area (Å²) < 4.78 is 15.1. The summed E-state index contributed by atoms with van der Waals surface area (Å²) in [6, 6.07) is 0. The van der Waals surface area contributed by atoms with Crippen LogP contribution in [0.2, 0.25) is 0 Å². The highest BCUT2D eigenvalue weighted by Crippen LogP contribution is 2.17. The molecule has 0 aromatic carbocycles. The molecule has 0 heterocycles. The average Bonchev–Trinajstić information content (AvgIpc) is 2.29. The molecule has 5 heteroatoms. The summed E-state index contributed by atoms with van der Waals surface area (Å²) in [6.07, 6.45) is 1.26. The lowest BCUT2D eigenvalue weighted by Crippen LogP contribution is -2.13. The minimum atomic E-state index is -0.508. The van der Waals surface area contributed by atoms with Crippen LogP contribution in [0.15, 0.2) is 23.0 Å². The van der Waals surface area contributed by atoms with Crippen LogP contribution in [-0.4, -0.2) is 31.8 Å². The number of hydrogen-bond acceptors (Lipinski definition) is 5. The van der Waals surface area contributed by atoms with E-state index >= 15 is 0 Å². The van der Waals surface area contributed by atoms with Gasteiger partial charge in [0.05, 0.1) is 19.8 Å². The van der Waals surface area contributed by atoms with Crippen LogP contribution in [0.1, 0.15) is 34.6 Å². The summed E-state index contributed by atoms with van der Waals surface area (Å²) in [5, 5.41) is 0. The zero-order valence-electron chi connectivity index (χ0n) is 12.2. The lowest BCUT2D eigenvalue weighted by atomic mass is 10.1. The van der Waals surface area contributed by atoms with Crippen molar-refractivity contribution in [2.24, 2.45) is 0 Å². The molecule has 0 aliphatic rings. The summed E-state index contributed by atoms with van der Waals surface area (Å²) >= 11 is 0. The molecule has 0 N–H and O–H groups in total. The van der Waals surface area contributed by atoms with Gasteiger partial charge in [-0.2, -0.15) is 0 Å². The van der Waals surface area contributed by atoms with Crippen LogP contribution in [0, 0.1) is 0 Å². The van der Waals surface area contributed by atoms with E-state index in [1.54, 1.807) is 27.7 Å². The molecule has 0 fully saturated rings. The van der Waals surface area contributed by atoms with E-state index in [9.17, 15) is 9.59 Å². The Kier molecular flexibility index (Phi) is 8.33. The Balaban J connectivity index is 5.30. The molecule has 5 nitrogen and oxygen atoms in total. The third kappa shape index (κ3) is 6.08. The van der Waals surface area contributed by atoms with Crippen molar-refractivity contribution in [1.29, 1.82) is 0 Å². The molecule has 0 aromatic heterocycles. The second-order valence-corrected chi connectivity index (χ2v) is 3.66. The van der Waals surface area contributed by atoms with Crippen molar-refractivity contribution in [1.82, 2.24) is 0 Å². The standard InChI is InChI=1S/C14H22O5/c1-6-17-11(5)13(14(16)19-8-3)10(4)9-12(15)18-7-2/h9H,6-8H2,1-5H3/b10-9+,13-11-. The quantitative estimate of drug-likeness (QED) is 0.307. The second kappa shape index (κ2) is 9.19. The van der Waals surface area contributed by atoms with Gasteiger partial charge in [-0.05, 0) is 40.2 Å². The molecule has 0 saturated carbocycles. The zero-order valence-corrected chi connectivity index (χ0v) is 12.2. The van der Waals surface area contributed by atoms with Gasteiger partial charge < -0.3 is 14.2 Å². The minimum absolute atomic E-state index is 0.258. The molecular formula is C14H22O5. The Morgan fingerprint density at radius 1 is 0.895 bits per heavy atom. The minimum Gasteiger partial charge on any atom is -0.498 e. The van der Waals surface area contributed by atoms with Crippen molar-refractivity contribution < 1.29 is 23.8 Å². The van der Waals surface area contributed by atoms with Gasteiger partial charge in [-0.1, -0.05) is 0 Å². The first kappa shape index (κ1) is 17.2. The summed E-state index contributed by atoms with van der Waals surface area (Å²) in [5.74, 6) is -0.573. The first-order valence-corrected chi connectivity index (χ1v) is 6.34. The van der Waals surface area contributed by atoms with Gasteiger partial charge in [-0.25, -0.2) is 9.59 Å². The van der Waals surface area contributed by atoms with Crippen LogP contribution in [0.25, 0.3) is 0 Å². The summed E-state index contributed by atoms with van der Waals surface area (Å²) in [6.45, 7) is 9.53. The SMILES string of the molecule is CCOC(=O)/C=C(C)/C(C(=O)OCC)=C(\C)OCC. The van der Waals surface area contributed by atoms with Crippen LogP contribution in [-0.2, 0) is 23.8 Å². The average molecular weight is 270 g/mol. The molecular weight excluding hydrogens is 248 g/mol. The molecule has 19 heavy (non-hydrogen) atoms. The Morgan fingerprint density at radius 3 is 1.89 bits per heavy atom. The molecule has 0 aliphatic carbocycles. The Labute approximate surface area is 114 Å². The fraction of sp³-hybridized carbons (Fsp3) is 0.571. The first-order valence-electron chi connectivity index (χ1n) is 6.34. The summed E-state index contributed by atoms with van der Waals surface area (Å²) in [4.78, 5) is 23.3. The van der Waals surface area contributed by atoms with Crippen molar-refractivity contribution in [3.63, 3.8) is 0 Å². The Morgan fingerprint density at radius 2 is 1.42 bits per heavy atom. The fourth-order valence-corrected chi connectivity index (χ4v) is 1.51. The molecule has 0 amide bonds. The van der Waals surface area contributed by atoms with E-state index in [0.29, 0.717) is 17.9 Å². The van der Waals surface area contributed by atoms with Crippen molar-refractivity contribution in [2.45, 2.75) is 34.6 Å². The van der Waals surface area contributed by atoms with E-state index < -0.39 is 11.9 Å². The van der Waals surface area contributed by atoms with Crippen molar-refractivity contribution >= 4 is 11.9 Å². The largest absolute Gasteiger partial charge is 0.498 e. The predicted molar refractivity (Wildman–Crippen MR) is 71.3 cm³/mol. The van der Waals surface area contributed by atoms with Gasteiger partial charge in [0.25, 0.3) is 0 Å². The molecule has 0 spiro atoms. The molecule has 0 aromatic rings. The van der Waals surface area contributed by atoms with Gasteiger partial charge in [0.15, 0.2) is 0 Å². The van der Waals surface area contributed by atoms with Crippen LogP contribution in [0.3, 0.4) is 0 Å². The van der Waals surface area contributed by atoms with Gasteiger partial charge in [0.1, 0.15) is 11.3 Å². The fourth-order valence-electron chi connectivity index (χ4n) is 1.51. The van der Waals surface area contributed by atoms with Crippen molar-refractivity contribution in [3.05, 3.63) is 23.0 Å². The third-order valence-corrected chi connectivity index (χ3v) is 2.21. The Bertz CT molecular complexity index is 379. The van der Waals surface area contributed by atoms with Crippen LogP contribution < -0.4 is 0 Å². The van der Waals surface area contributed by atoms with Gasteiger partial charge in [0.2, 0.25) is 0 Å². The number of rotatable bonds is 7.